The fraction of sp³-hybridized carbons (Fsp3) is 0. The van der Waals surface area contributed by atoms with Gasteiger partial charge in [-0.3, -0.25) is 0 Å². The Morgan fingerprint density at radius 3 is 2.03 bits per heavy atom. The Labute approximate surface area is 379 Å². The number of hydrogen-bond acceptors (Lipinski definition) is 3. The van der Waals surface area contributed by atoms with Gasteiger partial charge in [0.05, 0.1) is 27.8 Å². The summed E-state index contributed by atoms with van der Waals surface area (Å²) in [6, 6.07) is 69.2. The van der Waals surface area contributed by atoms with E-state index < -0.39 is 0 Å². The van der Waals surface area contributed by atoms with Gasteiger partial charge in [-0.15, -0.1) is 11.3 Å². The summed E-state index contributed by atoms with van der Waals surface area (Å²) in [6.45, 7) is 4.31. The van der Waals surface area contributed by atoms with Crippen molar-refractivity contribution in [3.63, 3.8) is 0 Å². The molecule has 0 aliphatic carbocycles. The Hall–Kier alpha value is -8.38. The van der Waals surface area contributed by atoms with Crippen LogP contribution in [0, 0.1) is 0 Å². The van der Waals surface area contributed by atoms with Gasteiger partial charge < -0.3 is 19.1 Å². The Morgan fingerprint density at radius 2 is 1.14 bits per heavy atom. The van der Waals surface area contributed by atoms with Crippen molar-refractivity contribution >= 4 is 92.1 Å². The van der Waals surface area contributed by atoms with Crippen molar-refractivity contribution in [2.45, 2.75) is 0 Å². The van der Waals surface area contributed by atoms with Crippen LogP contribution in [0.15, 0.2) is 225 Å². The Bertz CT molecular complexity index is 3990. The van der Waals surface area contributed by atoms with Gasteiger partial charge in [-0.1, -0.05) is 122 Å². The summed E-state index contributed by atoms with van der Waals surface area (Å²) < 4.78 is 7.34. The number of anilines is 2. The number of phenolic OH excluding ortho intramolecular Hbond substituents is 1. The molecule has 0 spiro atoms. The zero-order valence-corrected chi connectivity index (χ0v) is 36.0. The first-order valence-electron chi connectivity index (χ1n) is 21.9. The largest absolute Gasteiger partial charge is 0.507 e. The van der Waals surface area contributed by atoms with Crippen molar-refractivity contribution in [1.82, 2.24) is 9.13 Å². The molecule has 0 radical (unpaired) electrons. The minimum atomic E-state index is 0.243. The van der Waals surface area contributed by atoms with E-state index in [0.29, 0.717) is 0 Å². The molecule has 0 amide bonds. The maximum atomic E-state index is 11.4. The van der Waals surface area contributed by atoms with Crippen LogP contribution in [0.3, 0.4) is 0 Å². The van der Waals surface area contributed by atoms with Gasteiger partial charge in [0.15, 0.2) is 0 Å². The summed E-state index contributed by atoms with van der Waals surface area (Å²) in [4.78, 5) is 2.18. The molecular formula is C60H39N3OS. The van der Waals surface area contributed by atoms with Gasteiger partial charge in [0.25, 0.3) is 0 Å². The van der Waals surface area contributed by atoms with Crippen LogP contribution >= 0.6 is 11.3 Å². The third kappa shape index (κ3) is 5.83. The number of thiophene rings is 1. The Morgan fingerprint density at radius 1 is 0.431 bits per heavy atom. The van der Waals surface area contributed by atoms with Crippen LogP contribution in [0.5, 0.6) is 5.75 Å². The molecule has 5 heteroatoms. The van der Waals surface area contributed by atoms with Crippen molar-refractivity contribution in [1.29, 1.82) is 0 Å². The van der Waals surface area contributed by atoms with E-state index in [1.807, 2.05) is 47.8 Å². The van der Waals surface area contributed by atoms with Crippen molar-refractivity contribution < 1.29 is 5.11 Å². The molecule has 0 unspecified atom stereocenters. The summed E-state index contributed by atoms with van der Waals surface area (Å²) >= 11 is 1.86. The topological polar surface area (TPSA) is 33.3 Å². The lowest BCUT2D eigenvalue weighted by atomic mass is 9.96. The molecule has 0 saturated carbocycles. The van der Waals surface area contributed by atoms with Gasteiger partial charge in [0.1, 0.15) is 5.75 Å². The highest BCUT2D eigenvalue weighted by Crippen LogP contribution is 2.46. The predicted octanol–water partition coefficient (Wildman–Crippen LogP) is 16.5. The molecule has 1 N–H and O–H groups in total. The molecule has 306 valence electrons. The van der Waals surface area contributed by atoms with Crippen LogP contribution < -0.4 is 4.90 Å². The molecule has 0 saturated heterocycles. The second-order valence-electron chi connectivity index (χ2n) is 16.8. The number of fused-ring (bicyclic) bond motifs is 11. The Balaban J connectivity index is 0.920. The third-order valence-corrected chi connectivity index (χ3v) is 14.3. The number of nitrogens with zero attached hydrogens (tertiary/aromatic N) is 3. The second-order valence-corrected chi connectivity index (χ2v) is 17.8. The third-order valence-electron chi connectivity index (χ3n) is 13.1. The van der Waals surface area contributed by atoms with Crippen molar-refractivity contribution in [3.8, 4) is 39.4 Å². The average molecular weight is 850 g/mol. The highest BCUT2D eigenvalue weighted by molar-refractivity contribution is 7.26. The second kappa shape index (κ2) is 14.6. The lowest BCUT2D eigenvalue weighted by molar-refractivity contribution is 0.477. The molecular weight excluding hydrogens is 811 g/mol. The van der Waals surface area contributed by atoms with Crippen molar-refractivity contribution in [2.24, 2.45) is 0 Å². The number of allylic oxidation sites excluding steroid dienone is 4. The summed E-state index contributed by atoms with van der Waals surface area (Å²) in [5.74, 6) is 0.243. The zero-order valence-electron chi connectivity index (χ0n) is 35.2. The van der Waals surface area contributed by atoms with Gasteiger partial charge in [0, 0.05) is 76.1 Å². The van der Waals surface area contributed by atoms with E-state index in [2.05, 4.69) is 203 Å². The number of para-hydroxylation sites is 4. The molecule has 9 aromatic carbocycles. The highest BCUT2D eigenvalue weighted by atomic mass is 32.1. The molecule has 0 atom stereocenters. The first-order chi connectivity index (χ1) is 32.1. The van der Waals surface area contributed by atoms with Crippen LogP contribution in [-0.4, -0.2) is 14.2 Å². The van der Waals surface area contributed by atoms with Crippen molar-refractivity contribution in [3.05, 3.63) is 231 Å². The van der Waals surface area contributed by atoms with E-state index >= 15 is 0 Å². The first-order valence-corrected chi connectivity index (χ1v) is 22.7. The maximum Gasteiger partial charge on any atom is 0.123 e. The van der Waals surface area contributed by atoms with Crippen LogP contribution in [0.4, 0.5) is 11.4 Å². The van der Waals surface area contributed by atoms with Gasteiger partial charge in [0.2, 0.25) is 0 Å². The highest BCUT2D eigenvalue weighted by Gasteiger charge is 2.21. The Kier molecular flexibility index (Phi) is 8.35. The fourth-order valence-corrected chi connectivity index (χ4v) is 11.4. The molecule has 4 nitrogen and oxygen atoms in total. The minimum Gasteiger partial charge on any atom is -0.507 e. The first kappa shape index (κ1) is 37.2. The molecule has 0 fully saturated rings. The molecule has 3 aromatic heterocycles. The standard InChI is InChI=1S/C60H39N3OS/c1-38-14-11-12-33-61(52-22-8-5-19-45(38)52)43-18-13-15-41(34-43)49-35-39(25-31-57(49)64)40-26-32-58-51(36-40)47-28-30-56-59(60(47)65-58)48-21-7-10-24-54(48)63(56)44-27-29-55-50(37-44)46-20-6-9-23-53(46)62(55)42-16-3-2-4-17-42/h2-37,64H,1H2/b14-11-,33-12-. The molecule has 4 heterocycles. The van der Waals surface area contributed by atoms with E-state index in [0.717, 1.165) is 56.1 Å². The lowest BCUT2D eigenvalue weighted by Crippen LogP contribution is -2.11. The normalized spacial score (nSPS) is 13.8. The summed E-state index contributed by atoms with van der Waals surface area (Å²) in [7, 11) is 0. The SMILES string of the molecule is C=C1/C=C\C=C/N(c2cccc(-c3cc(-c4ccc5sc6c(ccc7c6c6ccccc6n7-c6ccc7c(c6)c6ccccc6n7-c6ccccc6)c5c4)ccc3O)c2)c2ccccc21. The fourth-order valence-electron chi connectivity index (χ4n) is 10.1. The van der Waals surface area contributed by atoms with E-state index in [4.69, 9.17) is 0 Å². The van der Waals surface area contributed by atoms with Crippen molar-refractivity contribution in [2.75, 3.05) is 4.90 Å². The van der Waals surface area contributed by atoms with E-state index in [9.17, 15) is 5.11 Å². The molecule has 1 aliphatic heterocycles. The molecule has 1 aliphatic rings. The molecule has 13 rings (SSSR count). The summed E-state index contributed by atoms with van der Waals surface area (Å²) in [5, 5.41) is 18.8. The number of aromatic nitrogens is 2. The van der Waals surface area contributed by atoms with E-state index in [-0.39, 0.29) is 5.75 Å². The monoisotopic (exact) mass is 849 g/mol. The van der Waals surface area contributed by atoms with E-state index in [1.54, 1.807) is 0 Å². The number of phenols is 1. The van der Waals surface area contributed by atoms with Gasteiger partial charge >= 0.3 is 0 Å². The van der Waals surface area contributed by atoms with Crippen LogP contribution in [0.2, 0.25) is 0 Å². The van der Waals surface area contributed by atoms with E-state index in [1.165, 1.54) is 63.8 Å². The molecule has 12 aromatic rings. The van der Waals surface area contributed by atoms with Gasteiger partial charge in [-0.25, -0.2) is 0 Å². The summed E-state index contributed by atoms with van der Waals surface area (Å²) in [6.07, 6.45) is 8.17. The number of aromatic hydroxyl groups is 1. The average Bonchev–Trinajstić information content (AvgIpc) is 4.01. The number of benzene rings is 9. The van der Waals surface area contributed by atoms with Crippen LogP contribution in [0.1, 0.15) is 5.56 Å². The molecule has 0 bridgehead atoms. The maximum absolute atomic E-state index is 11.4. The smallest absolute Gasteiger partial charge is 0.123 e. The summed E-state index contributed by atoms with van der Waals surface area (Å²) in [5.41, 5.74) is 15.0. The number of hydrogen-bond donors (Lipinski definition) is 1. The quantitative estimate of drug-likeness (QED) is 0.187. The zero-order chi connectivity index (χ0) is 43.2. The number of rotatable bonds is 5. The minimum absolute atomic E-state index is 0.243. The molecule has 65 heavy (non-hydrogen) atoms. The van der Waals surface area contributed by atoms with Crippen LogP contribution in [0.25, 0.3) is 103 Å². The van der Waals surface area contributed by atoms with Gasteiger partial charge in [-0.05, 0) is 119 Å². The van der Waals surface area contributed by atoms with Crippen LogP contribution in [-0.2, 0) is 0 Å². The van der Waals surface area contributed by atoms with Gasteiger partial charge in [-0.2, -0.15) is 0 Å². The predicted molar refractivity (Wildman–Crippen MR) is 276 cm³/mol. The lowest BCUT2D eigenvalue weighted by Gasteiger charge is -2.25.